The fraction of sp³-hybridized carbons (Fsp3) is 0.531. The van der Waals surface area contributed by atoms with Gasteiger partial charge in [0.1, 0.15) is 0 Å². The average Bonchev–Trinajstić information content (AvgIpc) is 3.85. The van der Waals surface area contributed by atoms with Crippen molar-refractivity contribution in [1.29, 1.82) is 0 Å². The van der Waals surface area contributed by atoms with Gasteiger partial charge in [-0.25, -0.2) is 4.98 Å². The number of carbonyl (C=O) groups excluding carboxylic acids is 4. The molecule has 2 N–H and O–H groups in total. The van der Waals surface area contributed by atoms with Crippen LogP contribution in [0.15, 0.2) is 36.5 Å². The SMILES string of the molecule is CCOC(=O)C1(CC2CC2)CNC(=O)CCCN(C(=O)c2ccc(OC)nc2)CCNC(=O)COc2cc(ccc2OC)C1. The number of hydrogen-bond acceptors (Lipinski definition) is 9. The second-order valence-corrected chi connectivity index (χ2v) is 11.2. The fourth-order valence-electron chi connectivity index (χ4n) is 5.36. The first-order chi connectivity index (χ1) is 21.3. The van der Waals surface area contributed by atoms with Gasteiger partial charge in [0.25, 0.3) is 11.8 Å². The maximum atomic E-state index is 13.5. The van der Waals surface area contributed by atoms with Gasteiger partial charge in [0, 0.05) is 44.9 Å². The van der Waals surface area contributed by atoms with E-state index in [9.17, 15) is 19.2 Å². The highest BCUT2D eigenvalue weighted by Crippen LogP contribution is 2.43. The van der Waals surface area contributed by atoms with E-state index < -0.39 is 5.41 Å². The molecule has 1 unspecified atom stereocenters. The van der Waals surface area contributed by atoms with Gasteiger partial charge in [0.2, 0.25) is 11.8 Å². The number of hydrogen-bond donors (Lipinski definition) is 2. The number of nitrogens with one attached hydrogen (secondary N) is 2. The van der Waals surface area contributed by atoms with E-state index in [0.717, 1.165) is 18.4 Å². The number of nitrogens with zero attached hydrogens (tertiary/aromatic N) is 2. The van der Waals surface area contributed by atoms with Crippen LogP contribution in [0.1, 0.15) is 54.9 Å². The molecule has 4 rings (SSSR count). The smallest absolute Gasteiger partial charge is 0.314 e. The number of amides is 3. The minimum absolute atomic E-state index is 0.117. The first-order valence-electron chi connectivity index (χ1n) is 15.1. The second-order valence-electron chi connectivity index (χ2n) is 11.2. The number of ether oxygens (including phenoxy) is 4. The Morgan fingerprint density at radius 3 is 2.57 bits per heavy atom. The van der Waals surface area contributed by atoms with Crippen LogP contribution in [0.2, 0.25) is 0 Å². The molecule has 12 heteroatoms. The van der Waals surface area contributed by atoms with Crippen LogP contribution in [0.25, 0.3) is 0 Å². The van der Waals surface area contributed by atoms with Crippen molar-refractivity contribution >= 4 is 23.7 Å². The molecule has 238 valence electrons. The van der Waals surface area contributed by atoms with Gasteiger partial charge in [-0.15, -0.1) is 0 Å². The summed E-state index contributed by atoms with van der Waals surface area (Å²) in [6, 6.07) is 8.58. The number of esters is 1. The molecule has 1 aliphatic carbocycles. The highest BCUT2D eigenvalue weighted by atomic mass is 16.5. The minimum atomic E-state index is -0.981. The number of fused-ring (bicyclic) bond motifs is 2. The summed E-state index contributed by atoms with van der Waals surface area (Å²) in [6.45, 7) is 2.51. The molecule has 2 aromatic rings. The standard InChI is InChI=1S/C32H42N4O8/c1-4-43-31(40)32(17-22-7-8-22)18-23-9-11-25(41-2)26(16-23)44-20-28(38)33-13-15-36(14-5-6-27(37)35-21-32)30(39)24-10-12-29(42-3)34-19-24/h9-12,16,19,22H,4-8,13-15,17-18,20-21H2,1-3H3,(H,33,38)(H,35,37). The van der Waals surface area contributed by atoms with Crippen molar-refractivity contribution in [3.05, 3.63) is 47.7 Å². The van der Waals surface area contributed by atoms with Crippen molar-refractivity contribution in [2.24, 2.45) is 11.3 Å². The van der Waals surface area contributed by atoms with Crippen molar-refractivity contribution < 1.29 is 38.1 Å². The number of aromatic nitrogens is 1. The monoisotopic (exact) mass is 610 g/mol. The number of benzene rings is 1. The Hall–Kier alpha value is -4.35. The predicted octanol–water partition coefficient (Wildman–Crippen LogP) is 2.54. The molecule has 2 aliphatic rings. The van der Waals surface area contributed by atoms with Gasteiger partial charge in [-0.1, -0.05) is 18.9 Å². The zero-order chi connectivity index (χ0) is 31.5. The van der Waals surface area contributed by atoms with Crippen LogP contribution < -0.4 is 24.8 Å². The third kappa shape index (κ3) is 8.84. The summed E-state index contributed by atoms with van der Waals surface area (Å²) in [5, 5.41) is 5.79. The molecule has 3 amide bonds. The molecule has 1 fully saturated rings. The van der Waals surface area contributed by atoms with Gasteiger partial charge < -0.3 is 34.5 Å². The Kier molecular flexibility index (Phi) is 11.4. The molecular weight excluding hydrogens is 568 g/mol. The van der Waals surface area contributed by atoms with E-state index in [4.69, 9.17) is 18.9 Å². The molecule has 12 nitrogen and oxygen atoms in total. The molecule has 2 bridgehead atoms. The Labute approximate surface area is 257 Å². The maximum absolute atomic E-state index is 13.5. The summed E-state index contributed by atoms with van der Waals surface area (Å²) < 4.78 is 22.0. The lowest BCUT2D eigenvalue weighted by Gasteiger charge is -2.32. The molecule has 1 aromatic heterocycles. The third-order valence-corrected chi connectivity index (χ3v) is 7.85. The van der Waals surface area contributed by atoms with Gasteiger partial charge in [0.15, 0.2) is 18.1 Å². The van der Waals surface area contributed by atoms with Crippen molar-refractivity contribution in [1.82, 2.24) is 20.5 Å². The van der Waals surface area contributed by atoms with Crippen molar-refractivity contribution in [2.45, 2.75) is 45.4 Å². The average molecular weight is 611 g/mol. The minimum Gasteiger partial charge on any atom is -0.493 e. The van der Waals surface area contributed by atoms with E-state index in [1.165, 1.54) is 20.4 Å². The van der Waals surface area contributed by atoms with Crippen molar-refractivity contribution in [3.63, 3.8) is 0 Å². The molecular formula is C32H42N4O8. The van der Waals surface area contributed by atoms with E-state index in [1.54, 1.807) is 36.1 Å². The maximum Gasteiger partial charge on any atom is 0.314 e. The molecule has 0 spiro atoms. The van der Waals surface area contributed by atoms with E-state index in [0.29, 0.717) is 48.1 Å². The van der Waals surface area contributed by atoms with E-state index in [1.807, 2.05) is 6.07 Å². The predicted molar refractivity (Wildman–Crippen MR) is 161 cm³/mol. The summed E-state index contributed by atoms with van der Waals surface area (Å²) in [7, 11) is 3.00. The largest absolute Gasteiger partial charge is 0.493 e. The van der Waals surface area contributed by atoms with Gasteiger partial charge in [0.05, 0.1) is 31.8 Å². The third-order valence-electron chi connectivity index (χ3n) is 7.85. The van der Waals surface area contributed by atoms with Crippen LogP contribution >= 0.6 is 0 Å². The topological polar surface area (TPSA) is 145 Å². The first-order valence-corrected chi connectivity index (χ1v) is 15.1. The molecule has 44 heavy (non-hydrogen) atoms. The number of rotatable bonds is 7. The first kappa shape index (κ1) is 32.6. The Morgan fingerprint density at radius 2 is 1.89 bits per heavy atom. The molecule has 0 radical (unpaired) electrons. The summed E-state index contributed by atoms with van der Waals surface area (Å²) >= 11 is 0. The summed E-state index contributed by atoms with van der Waals surface area (Å²) in [5.74, 6) is 0.326. The molecule has 0 saturated heterocycles. The number of pyridine rings is 1. The van der Waals surface area contributed by atoms with Gasteiger partial charge >= 0.3 is 5.97 Å². The lowest BCUT2D eigenvalue weighted by atomic mass is 9.76. The normalized spacial score (nSPS) is 20.2. The van der Waals surface area contributed by atoms with Gasteiger partial charge in [-0.3, -0.25) is 19.2 Å². The van der Waals surface area contributed by atoms with Crippen LogP contribution in [0.5, 0.6) is 17.4 Å². The highest BCUT2D eigenvalue weighted by Gasteiger charge is 2.44. The molecule has 2 heterocycles. The summed E-state index contributed by atoms with van der Waals surface area (Å²) in [5.41, 5.74) is 0.177. The lowest BCUT2D eigenvalue weighted by Crippen LogP contribution is -2.46. The highest BCUT2D eigenvalue weighted by molar-refractivity contribution is 5.94. The molecule has 1 aromatic carbocycles. The molecule has 1 saturated carbocycles. The number of carbonyl (C=O) groups is 4. The van der Waals surface area contributed by atoms with Crippen LogP contribution in [-0.2, 0) is 25.5 Å². The van der Waals surface area contributed by atoms with Crippen molar-refractivity contribution in [2.75, 3.05) is 53.6 Å². The molecule has 1 atom stereocenters. The van der Waals surface area contributed by atoms with Crippen LogP contribution in [-0.4, -0.2) is 87.2 Å². The summed E-state index contributed by atoms with van der Waals surface area (Å²) in [4.78, 5) is 58.3. The number of methoxy groups -OCH3 is 2. The molecule has 1 aliphatic heterocycles. The Balaban J connectivity index is 1.59. The van der Waals surface area contributed by atoms with Crippen LogP contribution in [0, 0.1) is 11.3 Å². The Morgan fingerprint density at radius 1 is 1.07 bits per heavy atom. The summed E-state index contributed by atoms with van der Waals surface area (Å²) in [6.07, 6.45) is 4.91. The zero-order valence-electron chi connectivity index (χ0n) is 25.7. The quantitative estimate of drug-likeness (QED) is 0.452. The van der Waals surface area contributed by atoms with Crippen LogP contribution in [0.4, 0.5) is 0 Å². The Bertz CT molecular complexity index is 1310. The van der Waals surface area contributed by atoms with E-state index in [-0.39, 0.29) is 69.5 Å². The van der Waals surface area contributed by atoms with Crippen molar-refractivity contribution in [3.8, 4) is 17.4 Å². The van der Waals surface area contributed by atoms with Gasteiger partial charge in [-0.2, -0.15) is 0 Å². The van der Waals surface area contributed by atoms with Gasteiger partial charge in [-0.05, 0) is 55.9 Å². The van der Waals surface area contributed by atoms with E-state index in [2.05, 4.69) is 15.6 Å². The van der Waals surface area contributed by atoms with E-state index >= 15 is 0 Å². The fourth-order valence-corrected chi connectivity index (χ4v) is 5.36. The lowest BCUT2D eigenvalue weighted by molar-refractivity contribution is -0.156. The zero-order valence-corrected chi connectivity index (χ0v) is 25.7. The van der Waals surface area contributed by atoms with Crippen LogP contribution in [0.3, 0.4) is 0 Å². The second kappa shape index (κ2) is 15.4.